The summed E-state index contributed by atoms with van der Waals surface area (Å²) in [6.07, 6.45) is 3.79. The first-order valence-electron chi connectivity index (χ1n) is 21.1. The number of pyridine rings is 2. The van der Waals surface area contributed by atoms with Crippen LogP contribution in [-0.4, -0.2) is 27.6 Å². The Morgan fingerprint density at radius 2 is 1.38 bits per heavy atom. The SMILES string of the molecule is CC(C)c1cc(-c2ccccc2)cc(C(C)C)c1-n1c(-c2[c-]ccc3c2oc2ccccc23)nc2ncccc21.[2H]C(C)(C)c1cc(-c2[c-]cccc2)ncc1[Si](C)(C)C.[Ir]. The summed E-state index contributed by atoms with van der Waals surface area (Å²) in [5, 5.41) is 3.42. The van der Waals surface area contributed by atoms with E-state index in [2.05, 4.69) is 141 Å². The van der Waals surface area contributed by atoms with Gasteiger partial charge in [-0.1, -0.05) is 132 Å². The molecule has 0 bridgehead atoms. The van der Waals surface area contributed by atoms with Crippen molar-refractivity contribution in [2.45, 2.75) is 78.9 Å². The third kappa shape index (κ3) is 8.32. The van der Waals surface area contributed by atoms with Gasteiger partial charge in [0.1, 0.15) is 5.58 Å². The molecule has 0 spiro atoms. The number of rotatable bonds is 8. The summed E-state index contributed by atoms with van der Waals surface area (Å²) in [5.41, 5.74) is 13.3. The van der Waals surface area contributed by atoms with Gasteiger partial charge in [-0.05, 0) is 81.2 Å². The van der Waals surface area contributed by atoms with Crippen molar-refractivity contribution in [1.29, 1.82) is 0 Å². The van der Waals surface area contributed by atoms with E-state index in [9.17, 15) is 0 Å². The Bertz CT molecular complexity index is 2930. The van der Waals surface area contributed by atoms with Gasteiger partial charge in [0.15, 0.2) is 5.65 Å². The van der Waals surface area contributed by atoms with Crippen LogP contribution >= 0.6 is 0 Å². The number of fused-ring (bicyclic) bond motifs is 4. The van der Waals surface area contributed by atoms with Crippen molar-refractivity contribution in [3.05, 3.63) is 163 Å². The molecule has 9 aromatic rings. The van der Waals surface area contributed by atoms with E-state index in [1.54, 1.807) is 6.20 Å². The molecule has 0 fully saturated rings. The van der Waals surface area contributed by atoms with Crippen LogP contribution in [0.4, 0.5) is 0 Å². The number of benzene rings is 5. The van der Waals surface area contributed by atoms with Crippen molar-refractivity contribution in [1.82, 2.24) is 19.5 Å². The standard InChI is InChI=1S/C36H30N3O.C17H22NSi.Ir/c1-22(2)29-20-25(24-12-6-5-7-13-24)21-30(23(3)4)33(29)39-31-17-11-19-37-35(31)38-36(39)28-16-10-15-27-26-14-8-9-18-32(26)40-34(27)28;1-13(2)15-11-16(14-9-7-6-8-10-14)18-12-17(15)19(3,4)5;/h5-15,17-23H,1-4H3;6-9,11-13H,1-5H3;/q2*-1;/i;13D;. The van der Waals surface area contributed by atoms with Crippen LogP contribution in [0.5, 0.6) is 0 Å². The van der Waals surface area contributed by atoms with Gasteiger partial charge in [-0.15, -0.1) is 54.1 Å². The van der Waals surface area contributed by atoms with Gasteiger partial charge in [0.2, 0.25) is 0 Å². The van der Waals surface area contributed by atoms with Crippen LogP contribution in [0.2, 0.25) is 19.6 Å². The minimum Gasteiger partial charge on any atom is -0.501 e. The second-order valence-corrected chi connectivity index (χ2v) is 22.2. The van der Waals surface area contributed by atoms with Gasteiger partial charge in [0.05, 0.1) is 25.0 Å². The Hall–Kier alpha value is -5.46. The maximum Gasteiger partial charge on any atom is 0.168 e. The second-order valence-electron chi connectivity index (χ2n) is 17.1. The number of nitrogens with zero attached hydrogens (tertiary/aromatic N) is 4. The molecule has 7 heteroatoms. The fraction of sp³-hybridized carbons (Fsp3) is 0.226. The summed E-state index contributed by atoms with van der Waals surface area (Å²) < 4.78 is 17.2. The van der Waals surface area contributed by atoms with Gasteiger partial charge in [-0.3, -0.25) is 4.98 Å². The molecule has 4 aromatic heterocycles. The predicted molar refractivity (Wildman–Crippen MR) is 250 cm³/mol. The third-order valence-electron chi connectivity index (χ3n) is 11.0. The quantitative estimate of drug-likeness (QED) is 0.112. The molecule has 0 atom stereocenters. The monoisotopic (exact) mass is 982 g/mol. The number of hydrogen-bond acceptors (Lipinski definition) is 4. The van der Waals surface area contributed by atoms with Gasteiger partial charge in [-0.25, -0.2) is 4.98 Å². The van der Waals surface area contributed by atoms with Gasteiger partial charge < -0.3 is 14.0 Å². The van der Waals surface area contributed by atoms with Gasteiger partial charge >= 0.3 is 0 Å². The molecule has 0 unspecified atom stereocenters. The number of aromatic nitrogens is 4. The first-order chi connectivity index (χ1) is 28.7. The molecule has 0 saturated carbocycles. The number of hydrogen-bond donors (Lipinski definition) is 0. The summed E-state index contributed by atoms with van der Waals surface area (Å²) in [6.45, 7) is 19.9. The zero-order valence-electron chi connectivity index (χ0n) is 36.9. The zero-order valence-corrected chi connectivity index (χ0v) is 39.3. The summed E-state index contributed by atoms with van der Waals surface area (Å²) >= 11 is 0. The Kier molecular flexibility index (Phi) is 12.1. The maximum absolute atomic E-state index is 8.44. The van der Waals surface area contributed by atoms with Crippen LogP contribution in [0.25, 0.3) is 72.6 Å². The molecular weight excluding hydrogens is 929 g/mol. The molecule has 1 radical (unpaired) electrons. The Morgan fingerprint density at radius 1 is 0.683 bits per heavy atom. The maximum atomic E-state index is 8.44. The molecule has 0 N–H and O–H groups in total. The third-order valence-corrected chi connectivity index (χ3v) is 13.0. The van der Waals surface area contributed by atoms with Crippen LogP contribution in [0.1, 0.15) is 77.3 Å². The largest absolute Gasteiger partial charge is 0.501 e. The Labute approximate surface area is 370 Å². The van der Waals surface area contributed by atoms with Crippen molar-refractivity contribution in [2.75, 3.05) is 0 Å². The van der Waals surface area contributed by atoms with Crippen LogP contribution in [0, 0.1) is 12.1 Å². The van der Waals surface area contributed by atoms with Crippen molar-refractivity contribution in [3.8, 4) is 39.5 Å². The van der Waals surface area contributed by atoms with E-state index in [4.69, 9.17) is 10.8 Å². The van der Waals surface area contributed by atoms with Crippen molar-refractivity contribution < 1.29 is 25.9 Å². The van der Waals surface area contributed by atoms with Crippen LogP contribution in [-0.2, 0) is 20.1 Å². The molecule has 60 heavy (non-hydrogen) atoms. The summed E-state index contributed by atoms with van der Waals surface area (Å²) in [7, 11) is -1.50. The normalized spacial score (nSPS) is 12.2. The van der Waals surface area contributed by atoms with Crippen molar-refractivity contribution in [3.63, 3.8) is 0 Å². The summed E-state index contributed by atoms with van der Waals surface area (Å²) in [4.78, 5) is 14.4. The molecule has 5 nitrogen and oxygen atoms in total. The van der Waals surface area contributed by atoms with E-state index in [1.807, 2.05) is 74.6 Å². The number of imidazole rings is 1. The smallest absolute Gasteiger partial charge is 0.168 e. The molecule has 0 aliphatic rings. The molecular formula is C53H52IrN4OSi-2. The average Bonchev–Trinajstić information content (AvgIpc) is 3.82. The topological polar surface area (TPSA) is 56.7 Å². The van der Waals surface area contributed by atoms with E-state index in [1.165, 1.54) is 27.4 Å². The van der Waals surface area contributed by atoms with Crippen LogP contribution in [0.15, 0.2) is 138 Å². The predicted octanol–water partition coefficient (Wildman–Crippen LogP) is 13.9. The molecule has 9 rings (SSSR count). The molecule has 4 heterocycles. The Balaban J connectivity index is 0.000000226. The van der Waals surface area contributed by atoms with E-state index < -0.39 is 14.0 Å². The van der Waals surface area contributed by atoms with Crippen LogP contribution < -0.4 is 5.19 Å². The fourth-order valence-corrected chi connectivity index (χ4v) is 9.53. The first-order valence-corrected chi connectivity index (χ1v) is 24.1. The minimum absolute atomic E-state index is 0. The first kappa shape index (κ1) is 41.3. The zero-order chi connectivity index (χ0) is 42.3. The molecule has 0 saturated heterocycles. The molecule has 0 aliphatic heterocycles. The van der Waals surface area contributed by atoms with E-state index in [0.29, 0.717) is 5.65 Å². The average molecular weight is 982 g/mol. The number of para-hydroxylation sites is 1. The Morgan fingerprint density at radius 3 is 2.05 bits per heavy atom. The molecule has 0 aliphatic carbocycles. The summed E-state index contributed by atoms with van der Waals surface area (Å²) in [5.74, 6) is 0.741. The van der Waals surface area contributed by atoms with Gasteiger partial charge in [0, 0.05) is 44.9 Å². The van der Waals surface area contributed by atoms with Gasteiger partial charge in [-0.2, -0.15) is 0 Å². The fourth-order valence-electron chi connectivity index (χ4n) is 7.95. The molecule has 5 aromatic carbocycles. The number of furan rings is 1. The van der Waals surface area contributed by atoms with Gasteiger partial charge in [0.25, 0.3) is 0 Å². The molecule has 305 valence electrons. The van der Waals surface area contributed by atoms with E-state index in [-0.39, 0.29) is 31.9 Å². The van der Waals surface area contributed by atoms with E-state index >= 15 is 0 Å². The second kappa shape index (κ2) is 17.6. The van der Waals surface area contributed by atoms with Crippen molar-refractivity contribution in [2.24, 2.45) is 0 Å². The van der Waals surface area contributed by atoms with E-state index in [0.717, 1.165) is 61.4 Å². The minimum atomic E-state index is -1.50. The summed E-state index contributed by atoms with van der Waals surface area (Å²) in [6, 6.07) is 48.3. The molecule has 0 amide bonds. The van der Waals surface area contributed by atoms with Crippen molar-refractivity contribution >= 4 is 46.4 Å². The van der Waals surface area contributed by atoms with Crippen LogP contribution in [0.3, 0.4) is 0 Å².